The summed E-state index contributed by atoms with van der Waals surface area (Å²) < 4.78 is 11.1. The van der Waals surface area contributed by atoms with Gasteiger partial charge in [-0.1, -0.05) is 0 Å². The van der Waals surface area contributed by atoms with Gasteiger partial charge in [0.15, 0.2) is 0 Å². The van der Waals surface area contributed by atoms with Gasteiger partial charge in [0.25, 0.3) is 0 Å². The molecular formula is C12H6Cl4O2Zr. The van der Waals surface area contributed by atoms with Crippen molar-refractivity contribution in [1.29, 1.82) is 0 Å². The fourth-order valence-corrected chi connectivity index (χ4v) is 3.55. The molecule has 0 radical (unpaired) electrons. The van der Waals surface area contributed by atoms with Gasteiger partial charge in [-0.25, -0.2) is 0 Å². The summed E-state index contributed by atoms with van der Waals surface area (Å²) in [4.78, 5) is 0. The van der Waals surface area contributed by atoms with Crippen LogP contribution in [0.4, 0.5) is 0 Å². The van der Waals surface area contributed by atoms with Crippen LogP contribution in [0.25, 0.3) is 0 Å². The molecule has 0 aliphatic heterocycles. The number of benzene rings is 2. The van der Waals surface area contributed by atoms with Crippen LogP contribution in [-0.2, 0) is 24.1 Å². The van der Waals surface area contributed by atoms with Gasteiger partial charge in [-0.05, 0) is 0 Å². The molecule has 7 heteroatoms. The van der Waals surface area contributed by atoms with Gasteiger partial charge >= 0.3 is 144 Å². The maximum atomic E-state index is 5.98. The Bertz CT molecular complexity index is 540. The molecule has 0 spiro atoms. The predicted octanol–water partition coefficient (Wildman–Crippen LogP) is 5.67. The van der Waals surface area contributed by atoms with Crippen molar-refractivity contribution in [2.75, 3.05) is 0 Å². The van der Waals surface area contributed by atoms with Gasteiger partial charge in [-0.15, -0.1) is 0 Å². The summed E-state index contributed by atoms with van der Waals surface area (Å²) in [5.41, 5.74) is 0. The van der Waals surface area contributed by atoms with Crippen LogP contribution in [0.2, 0.25) is 20.1 Å². The molecule has 0 bridgehead atoms. The zero-order chi connectivity index (χ0) is 13.8. The van der Waals surface area contributed by atoms with Gasteiger partial charge in [0.2, 0.25) is 0 Å². The van der Waals surface area contributed by atoms with Crippen LogP contribution in [0.1, 0.15) is 0 Å². The average Bonchev–Trinajstić information content (AvgIpc) is 2.38. The van der Waals surface area contributed by atoms with Crippen LogP contribution in [0.5, 0.6) is 11.5 Å². The number of hydrogen-bond donors (Lipinski definition) is 0. The zero-order valence-corrected chi connectivity index (χ0v) is 14.8. The van der Waals surface area contributed by atoms with E-state index in [-0.39, 0.29) is 0 Å². The van der Waals surface area contributed by atoms with Crippen LogP contribution < -0.4 is 5.63 Å². The Kier molecular flexibility index (Phi) is 5.86. The van der Waals surface area contributed by atoms with Gasteiger partial charge in [-0.2, -0.15) is 0 Å². The zero-order valence-electron chi connectivity index (χ0n) is 9.29. The quantitative estimate of drug-likeness (QED) is 0.641. The molecule has 2 aromatic carbocycles. The van der Waals surface area contributed by atoms with Crippen LogP contribution in [-0.4, -0.2) is 0 Å². The van der Waals surface area contributed by atoms with Crippen LogP contribution in [0, 0.1) is 0 Å². The second-order valence-electron chi connectivity index (χ2n) is 3.44. The number of hydrogen-bond acceptors (Lipinski definition) is 2. The Balaban J connectivity index is 2.00. The predicted molar refractivity (Wildman–Crippen MR) is 74.2 cm³/mol. The van der Waals surface area contributed by atoms with E-state index in [4.69, 9.17) is 52.0 Å². The molecular weight excluding hydrogens is 409 g/mol. The summed E-state index contributed by atoms with van der Waals surface area (Å²) in [7, 11) is 0. The van der Waals surface area contributed by atoms with E-state index in [2.05, 4.69) is 0 Å². The van der Waals surface area contributed by atoms with Gasteiger partial charge in [-0.3, -0.25) is 0 Å². The first-order valence-corrected chi connectivity index (χ1v) is 8.57. The SMILES string of the molecule is Clc1ccc(Cl)c([O][Zr][O]c2cc(Cl)ccc2Cl)c1. The molecule has 0 aliphatic rings. The first kappa shape index (κ1) is 15.5. The van der Waals surface area contributed by atoms with Gasteiger partial charge in [0.1, 0.15) is 0 Å². The first-order chi connectivity index (χ1) is 9.06. The number of rotatable bonds is 4. The molecule has 0 amide bonds. The molecule has 0 atom stereocenters. The first-order valence-electron chi connectivity index (χ1n) is 5.05. The summed E-state index contributed by atoms with van der Waals surface area (Å²) in [5.74, 6) is 1.03. The fourth-order valence-electron chi connectivity index (χ4n) is 1.22. The summed E-state index contributed by atoms with van der Waals surface area (Å²) in [5, 5.41) is 2.09. The van der Waals surface area contributed by atoms with E-state index in [1.807, 2.05) is 0 Å². The number of halogens is 4. The third kappa shape index (κ3) is 4.54. The summed E-state index contributed by atoms with van der Waals surface area (Å²) in [6.45, 7) is 0. The molecule has 0 saturated heterocycles. The van der Waals surface area contributed by atoms with Gasteiger partial charge in [0.05, 0.1) is 0 Å². The van der Waals surface area contributed by atoms with E-state index in [0.29, 0.717) is 31.6 Å². The summed E-state index contributed by atoms with van der Waals surface area (Å²) >= 11 is 22.0. The van der Waals surface area contributed by atoms with Crippen molar-refractivity contribution in [2.24, 2.45) is 0 Å². The third-order valence-corrected chi connectivity index (χ3v) is 4.68. The maximum absolute atomic E-state index is 5.98. The Morgan fingerprint density at radius 1 is 0.684 bits per heavy atom. The molecule has 2 aromatic rings. The molecule has 0 aromatic heterocycles. The van der Waals surface area contributed by atoms with Gasteiger partial charge < -0.3 is 0 Å². The van der Waals surface area contributed by atoms with Crippen LogP contribution in [0.15, 0.2) is 36.4 Å². The topological polar surface area (TPSA) is 18.5 Å². The monoisotopic (exact) mass is 412 g/mol. The molecule has 0 fully saturated rings. The van der Waals surface area contributed by atoms with Crippen molar-refractivity contribution >= 4 is 46.4 Å². The molecule has 0 N–H and O–H groups in total. The van der Waals surface area contributed by atoms with Crippen molar-refractivity contribution in [3.63, 3.8) is 0 Å². The van der Waals surface area contributed by atoms with E-state index in [0.717, 1.165) is 0 Å². The van der Waals surface area contributed by atoms with E-state index < -0.39 is 24.1 Å². The van der Waals surface area contributed by atoms with Crippen LogP contribution >= 0.6 is 46.4 Å². The molecule has 19 heavy (non-hydrogen) atoms. The van der Waals surface area contributed by atoms with E-state index in [1.54, 1.807) is 36.4 Å². The van der Waals surface area contributed by atoms with Crippen molar-refractivity contribution in [3.8, 4) is 11.5 Å². The Morgan fingerprint density at radius 2 is 1.11 bits per heavy atom. The van der Waals surface area contributed by atoms with Crippen molar-refractivity contribution < 1.29 is 29.7 Å². The Hall–Kier alpha value is 0.0831. The molecule has 0 heterocycles. The molecule has 2 rings (SSSR count). The fraction of sp³-hybridized carbons (Fsp3) is 0. The summed E-state index contributed by atoms with van der Waals surface area (Å²) in [6, 6.07) is 10.0. The molecule has 98 valence electrons. The Morgan fingerprint density at radius 3 is 1.53 bits per heavy atom. The van der Waals surface area contributed by atoms with Crippen LogP contribution in [0.3, 0.4) is 0 Å². The van der Waals surface area contributed by atoms with E-state index in [9.17, 15) is 0 Å². The molecule has 0 unspecified atom stereocenters. The van der Waals surface area contributed by atoms with Gasteiger partial charge in [0, 0.05) is 0 Å². The molecule has 0 aliphatic carbocycles. The summed E-state index contributed by atoms with van der Waals surface area (Å²) in [6.07, 6.45) is 0. The molecule has 0 saturated carbocycles. The van der Waals surface area contributed by atoms with Crippen molar-refractivity contribution in [2.45, 2.75) is 0 Å². The second kappa shape index (κ2) is 7.19. The Labute approximate surface area is 143 Å². The average molecular weight is 415 g/mol. The minimum atomic E-state index is -1.64. The third-order valence-electron chi connectivity index (χ3n) is 2.09. The molecule has 2 nitrogen and oxygen atoms in total. The van der Waals surface area contributed by atoms with Crippen molar-refractivity contribution in [3.05, 3.63) is 56.5 Å². The second-order valence-corrected chi connectivity index (χ2v) is 6.54. The standard InChI is InChI=1S/2C6H4Cl2O.Zr/c2*7-4-1-2-5(8)6(9)3-4;/h2*1-3,9H;/q;;+2/p-2. The van der Waals surface area contributed by atoms with E-state index >= 15 is 0 Å². The van der Waals surface area contributed by atoms with E-state index in [1.165, 1.54) is 0 Å². The normalized spacial score (nSPS) is 10.1. The van der Waals surface area contributed by atoms with Crippen molar-refractivity contribution in [1.82, 2.24) is 0 Å². The minimum absolute atomic E-state index is 0.492.